The van der Waals surface area contributed by atoms with Crippen molar-refractivity contribution in [2.24, 2.45) is 5.73 Å². The van der Waals surface area contributed by atoms with Crippen LogP contribution in [0.2, 0.25) is 0 Å². The van der Waals surface area contributed by atoms with Crippen LogP contribution >= 0.6 is 12.2 Å². The smallest absolute Gasteiger partial charge is 0.256 e. The topological polar surface area (TPSA) is 67.2 Å². The molecule has 1 amide bonds. The molecular formula is C21H21N3OS. The van der Waals surface area contributed by atoms with Gasteiger partial charge in [0.15, 0.2) is 5.11 Å². The van der Waals surface area contributed by atoms with Crippen LogP contribution in [0.25, 0.3) is 10.8 Å². The fraction of sp³-hybridized carbons (Fsp3) is 0.143. The molecule has 0 aromatic heterocycles. The van der Waals surface area contributed by atoms with Gasteiger partial charge in [0.2, 0.25) is 0 Å². The molecule has 0 spiro atoms. The Balaban J connectivity index is 1.97. The first-order valence-electron chi connectivity index (χ1n) is 8.48. The summed E-state index contributed by atoms with van der Waals surface area (Å²) in [7, 11) is 0. The van der Waals surface area contributed by atoms with Crippen LogP contribution in [0.15, 0.2) is 54.6 Å². The molecule has 0 heterocycles. The van der Waals surface area contributed by atoms with Crippen molar-refractivity contribution in [3.63, 3.8) is 0 Å². The molecule has 3 rings (SSSR count). The minimum absolute atomic E-state index is 0.116. The molecule has 5 heteroatoms. The van der Waals surface area contributed by atoms with Gasteiger partial charge in [0.25, 0.3) is 5.91 Å². The number of carbonyl (C=O) groups is 1. The summed E-state index contributed by atoms with van der Waals surface area (Å²) >= 11 is 4.91. The highest BCUT2D eigenvalue weighted by Gasteiger charge is 2.14. The molecule has 0 saturated heterocycles. The largest absolute Gasteiger partial charge is 0.376 e. The van der Waals surface area contributed by atoms with E-state index in [1.165, 1.54) is 0 Å². The van der Waals surface area contributed by atoms with Gasteiger partial charge in [0.1, 0.15) is 0 Å². The molecule has 26 heavy (non-hydrogen) atoms. The SMILES string of the molecule is CCc1cc(NC(N)=S)cc(C)c1NC(=O)c1cccc2ccccc12. The van der Waals surface area contributed by atoms with E-state index >= 15 is 0 Å². The van der Waals surface area contributed by atoms with E-state index in [1.807, 2.05) is 68.4 Å². The lowest BCUT2D eigenvalue weighted by Crippen LogP contribution is -2.20. The van der Waals surface area contributed by atoms with Crippen molar-refractivity contribution in [3.8, 4) is 0 Å². The van der Waals surface area contributed by atoms with E-state index in [2.05, 4.69) is 10.6 Å². The van der Waals surface area contributed by atoms with Gasteiger partial charge >= 0.3 is 0 Å². The number of nitrogens with one attached hydrogen (secondary N) is 2. The number of fused-ring (bicyclic) bond motifs is 1. The molecule has 0 radical (unpaired) electrons. The Morgan fingerprint density at radius 1 is 1.08 bits per heavy atom. The first-order chi connectivity index (χ1) is 12.5. The normalized spacial score (nSPS) is 10.5. The van der Waals surface area contributed by atoms with Crippen LogP contribution in [0, 0.1) is 6.92 Å². The number of benzene rings is 3. The molecule has 0 bridgehead atoms. The van der Waals surface area contributed by atoms with Crippen LogP contribution < -0.4 is 16.4 Å². The highest BCUT2D eigenvalue weighted by atomic mass is 32.1. The lowest BCUT2D eigenvalue weighted by molar-refractivity contribution is 0.102. The maximum absolute atomic E-state index is 12.9. The Hall–Kier alpha value is -2.92. The Kier molecular flexibility index (Phi) is 5.19. The van der Waals surface area contributed by atoms with Crippen molar-refractivity contribution in [1.29, 1.82) is 0 Å². The zero-order valence-corrected chi connectivity index (χ0v) is 15.6. The van der Waals surface area contributed by atoms with Gasteiger partial charge in [-0.1, -0.05) is 43.3 Å². The molecule has 0 aliphatic rings. The van der Waals surface area contributed by atoms with Crippen LogP contribution in [-0.2, 0) is 6.42 Å². The molecule has 0 aliphatic carbocycles. The van der Waals surface area contributed by atoms with Crippen LogP contribution in [-0.4, -0.2) is 11.0 Å². The second-order valence-corrected chi connectivity index (χ2v) is 6.59. The van der Waals surface area contributed by atoms with E-state index < -0.39 is 0 Å². The van der Waals surface area contributed by atoms with Crippen molar-refractivity contribution >= 4 is 45.4 Å². The van der Waals surface area contributed by atoms with Crippen LogP contribution in [0.4, 0.5) is 11.4 Å². The fourth-order valence-electron chi connectivity index (χ4n) is 3.14. The summed E-state index contributed by atoms with van der Waals surface area (Å²) in [5, 5.41) is 8.25. The molecule has 0 aliphatic heterocycles. The maximum Gasteiger partial charge on any atom is 0.256 e. The number of anilines is 2. The Morgan fingerprint density at radius 2 is 1.81 bits per heavy atom. The number of hydrogen-bond acceptors (Lipinski definition) is 2. The number of rotatable bonds is 4. The average molecular weight is 363 g/mol. The Morgan fingerprint density at radius 3 is 2.54 bits per heavy atom. The highest BCUT2D eigenvalue weighted by Crippen LogP contribution is 2.28. The summed E-state index contributed by atoms with van der Waals surface area (Å²) < 4.78 is 0. The van der Waals surface area contributed by atoms with Crippen molar-refractivity contribution in [1.82, 2.24) is 0 Å². The van der Waals surface area contributed by atoms with Gasteiger partial charge in [-0.25, -0.2) is 0 Å². The number of nitrogens with two attached hydrogens (primary N) is 1. The molecule has 0 saturated carbocycles. The molecular weight excluding hydrogens is 342 g/mol. The number of amides is 1. The second kappa shape index (κ2) is 7.54. The minimum atomic E-state index is -0.116. The number of hydrogen-bond donors (Lipinski definition) is 3. The van der Waals surface area contributed by atoms with Crippen LogP contribution in [0.1, 0.15) is 28.4 Å². The number of aryl methyl sites for hydroxylation is 2. The summed E-state index contributed by atoms with van der Waals surface area (Å²) in [4.78, 5) is 12.9. The standard InChI is InChI=1S/C21H21N3OS/c1-3-14-12-16(23-21(22)26)11-13(2)19(14)24-20(25)18-10-6-8-15-7-4-5-9-17(15)18/h4-12H,3H2,1-2H3,(H,24,25)(H3,22,23,26). The van der Waals surface area contributed by atoms with Gasteiger partial charge in [-0.15, -0.1) is 0 Å². The second-order valence-electron chi connectivity index (χ2n) is 6.15. The first-order valence-corrected chi connectivity index (χ1v) is 8.89. The number of thiocarbonyl (C=S) groups is 1. The maximum atomic E-state index is 12.9. The molecule has 132 valence electrons. The van der Waals surface area contributed by atoms with E-state index in [9.17, 15) is 4.79 Å². The Labute approximate surface area is 158 Å². The van der Waals surface area contributed by atoms with Gasteiger partial charge in [-0.05, 0) is 65.7 Å². The lowest BCUT2D eigenvalue weighted by Gasteiger charge is -2.16. The first kappa shape index (κ1) is 17.9. The van der Waals surface area contributed by atoms with Gasteiger partial charge in [0, 0.05) is 16.9 Å². The van der Waals surface area contributed by atoms with Crippen LogP contribution in [0.5, 0.6) is 0 Å². The monoisotopic (exact) mass is 363 g/mol. The van der Waals surface area contributed by atoms with Crippen molar-refractivity contribution in [3.05, 3.63) is 71.3 Å². The molecule has 4 nitrogen and oxygen atoms in total. The van der Waals surface area contributed by atoms with Gasteiger partial charge in [0.05, 0.1) is 0 Å². The summed E-state index contributed by atoms with van der Waals surface area (Å²) in [5.74, 6) is -0.116. The highest BCUT2D eigenvalue weighted by molar-refractivity contribution is 7.80. The molecule has 3 aromatic carbocycles. The number of carbonyl (C=O) groups excluding carboxylic acids is 1. The van der Waals surface area contributed by atoms with Gasteiger partial charge in [-0.2, -0.15) is 0 Å². The summed E-state index contributed by atoms with van der Waals surface area (Å²) in [6.45, 7) is 4.01. The van der Waals surface area contributed by atoms with Crippen molar-refractivity contribution in [2.75, 3.05) is 10.6 Å². The van der Waals surface area contributed by atoms with Gasteiger partial charge < -0.3 is 16.4 Å². The minimum Gasteiger partial charge on any atom is -0.376 e. The third-order valence-electron chi connectivity index (χ3n) is 4.34. The van der Waals surface area contributed by atoms with E-state index in [4.69, 9.17) is 18.0 Å². The molecule has 0 atom stereocenters. The summed E-state index contributed by atoms with van der Waals surface area (Å²) in [6.07, 6.45) is 0.777. The van der Waals surface area contributed by atoms with Gasteiger partial charge in [-0.3, -0.25) is 4.79 Å². The van der Waals surface area contributed by atoms with E-state index in [-0.39, 0.29) is 11.0 Å². The summed E-state index contributed by atoms with van der Waals surface area (Å²) in [5.41, 5.74) is 9.87. The predicted octanol–water partition coefficient (Wildman–Crippen LogP) is 4.62. The van der Waals surface area contributed by atoms with Crippen molar-refractivity contribution < 1.29 is 4.79 Å². The zero-order chi connectivity index (χ0) is 18.7. The lowest BCUT2D eigenvalue weighted by atomic mass is 10.0. The molecule has 0 fully saturated rings. The van der Waals surface area contributed by atoms with E-state index in [0.29, 0.717) is 5.56 Å². The fourth-order valence-corrected chi connectivity index (χ4v) is 3.25. The molecule has 4 N–H and O–H groups in total. The zero-order valence-electron chi connectivity index (χ0n) is 14.8. The Bertz CT molecular complexity index is 992. The third-order valence-corrected chi connectivity index (χ3v) is 4.44. The predicted molar refractivity (Wildman–Crippen MR) is 113 cm³/mol. The van der Waals surface area contributed by atoms with E-state index in [1.54, 1.807) is 0 Å². The molecule has 0 unspecified atom stereocenters. The summed E-state index contributed by atoms with van der Waals surface area (Å²) in [6, 6.07) is 17.5. The van der Waals surface area contributed by atoms with Crippen LogP contribution in [0.3, 0.4) is 0 Å². The van der Waals surface area contributed by atoms with Crippen molar-refractivity contribution in [2.45, 2.75) is 20.3 Å². The third kappa shape index (κ3) is 3.68. The average Bonchev–Trinajstić information content (AvgIpc) is 2.62. The molecule has 3 aromatic rings. The van der Waals surface area contributed by atoms with E-state index in [0.717, 1.165) is 39.7 Å². The quantitative estimate of drug-likeness (QED) is 0.592.